The molecule has 0 spiro atoms. The van der Waals surface area contributed by atoms with E-state index in [1.165, 1.54) is 18.2 Å². The van der Waals surface area contributed by atoms with Crippen molar-refractivity contribution in [2.24, 2.45) is 5.92 Å². The average Bonchev–Trinajstić information content (AvgIpc) is 2.31. The van der Waals surface area contributed by atoms with Gasteiger partial charge in [0.05, 0.1) is 15.6 Å². The van der Waals surface area contributed by atoms with Gasteiger partial charge in [0.25, 0.3) is 0 Å². The molecule has 1 aromatic carbocycles. The fraction of sp³-hybridized carbons (Fsp3) is 0.571. The Hall–Kier alpha value is -0.780. The molecule has 3 N–H and O–H groups in total. The Morgan fingerprint density at radius 1 is 1.25 bits per heavy atom. The molecule has 0 heterocycles. The molecule has 0 aliphatic rings. The molecule has 20 heavy (non-hydrogen) atoms. The molecular formula is C14H23ClN2O2S. The first kappa shape index (κ1) is 17.3. The van der Waals surface area contributed by atoms with E-state index in [4.69, 9.17) is 17.3 Å². The van der Waals surface area contributed by atoms with Gasteiger partial charge in [0, 0.05) is 6.04 Å². The third kappa shape index (κ3) is 5.31. The highest BCUT2D eigenvalue weighted by atomic mass is 35.5. The Labute approximate surface area is 126 Å². The van der Waals surface area contributed by atoms with Crippen molar-refractivity contribution in [3.8, 4) is 0 Å². The Kier molecular flexibility index (Phi) is 6.30. The summed E-state index contributed by atoms with van der Waals surface area (Å²) in [7, 11) is -3.54. The molecule has 1 atom stereocenters. The molecule has 6 heteroatoms. The third-order valence-corrected chi connectivity index (χ3v) is 4.98. The maximum Gasteiger partial charge on any atom is 0.240 e. The summed E-state index contributed by atoms with van der Waals surface area (Å²) in [6, 6.07) is 4.23. The highest BCUT2D eigenvalue weighted by molar-refractivity contribution is 7.89. The summed E-state index contributed by atoms with van der Waals surface area (Å²) in [4.78, 5) is 0.148. The van der Waals surface area contributed by atoms with Crippen LogP contribution < -0.4 is 10.5 Å². The Morgan fingerprint density at radius 3 is 2.45 bits per heavy atom. The topological polar surface area (TPSA) is 72.2 Å². The van der Waals surface area contributed by atoms with Crippen LogP contribution in [0.5, 0.6) is 0 Å². The number of nitrogens with one attached hydrogen (secondary N) is 1. The minimum Gasteiger partial charge on any atom is -0.397 e. The Bertz CT molecular complexity index is 544. The van der Waals surface area contributed by atoms with Gasteiger partial charge in [-0.25, -0.2) is 13.1 Å². The fourth-order valence-electron chi connectivity index (χ4n) is 1.91. The molecule has 0 amide bonds. The van der Waals surface area contributed by atoms with Crippen LogP contribution in [0.25, 0.3) is 0 Å². The number of nitrogen functional groups attached to an aromatic ring is 1. The molecule has 0 saturated heterocycles. The van der Waals surface area contributed by atoms with E-state index in [9.17, 15) is 8.42 Å². The lowest BCUT2D eigenvalue weighted by atomic mass is 10.0. The van der Waals surface area contributed by atoms with E-state index >= 15 is 0 Å². The number of anilines is 1. The molecule has 0 aliphatic heterocycles. The van der Waals surface area contributed by atoms with Gasteiger partial charge in [0.2, 0.25) is 10.0 Å². The van der Waals surface area contributed by atoms with Gasteiger partial charge in [-0.2, -0.15) is 0 Å². The molecule has 0 aromatic heterocycles. The first-order valence-electron chi connectivity index (χ1n) is 6.79. The second kappa shape index (κ2) is 7.29. The van der Waals surface area contributed by atoms with E-state index in [-0.39, 0.29) is 16.6 Å². The summed E-state index contributed by atoms with van der Waals surface area (Å²) in [5.74, 6) is 0.634. The predicted molar refractivity (Wildman–Crippen MR) is 84.3 cm³/mol. The summed E-state index contributed by atoms with van der Waals surface area (Å²) in [6.07, 6.45) is 2.92. The van der Waals surface area contributed by atoms with E-state index in [1.54, 1.807) is 0 Å². The van der Waals surface area contributed by atoms with Gasteiger partial charge in [-0.3, -0.25) is 0 Å². The molecule has 1 aromatic rings. The fourth-order valence-corrected chi connectivity index (χ4v) is 3.34. The number of benzene rings is 1. The van der Waals surface area contributed by atoms with Gasteiger partial charge in [0.15, 0.2) is 0 Å². The molecule has 0 saturated carbocycles. The summed E-state index contributed by atoms with van der Waals surface area (Å²) >= 11 is 5.79. The highest BCUT2D eigenvalue weighted by Gasteiger charge is 2.18. The number of rotatable bonds is 7. The standard InChI is InChI=1S/C14H23ClN2O2S/c1-10(2)5-4-6-11(3)17-20(18,19)12-7-8-13(15)14(16)9-12/h7-11,17H,4-6,16H2,1-3H3. The normalized spacial score (nSPS) is 13.7. The Morgan fingerprint density at radius 2 is 1.90 bits per heavy atom. The van der Waals surface area contributed by atoms with Crippen LogP contribution in [0, 0.1) is 5.92 Å². The molecule has 0 bridgehead atoms. The quantitative estimate of drug-likeness (QED) is 0.757. The van der Waals surface area contributed by atoms with Gasteiger partial charge in [-0.1, -0.05) is 38.3 Å². The van der Waals surface area contributed by atoms with Crippen molar-refractivity contribution in [1.29, 1.82) is 0 Å². The van der Waals surface area contributed by atoms with Crippen LogP contribution >= 0.6 is 11.6 Å². The maximum absolute atomic E-state index is 12.2. The van der Waals surface area contributed by atoms with E-state index in [1.807, 2.05) is 6.92 Å². The van der Waals surface area contributed by atoms with Gasteiger partial charge in [-0.05, 0) is 37.5 Å². The smallest absolute Gasteiger partial charge is 0.240 e. The zero-order valence-electron chi connectivity index (χ0n) is 12.2. The van der Waals surface area contributed by atoms with Crippen LogP contribution in [0.2, 0.25) is 5.02 Å². The molecule has 1 unspecified atom stereocenters. The van der Waals surface area contributed by atoms with Gasteiger partial charge in [-0.15, -0.1) is 0 Å². The zero-order chi connectivity index (χ0) is 15.3. The largest absolute Gasteiger partial charge is 0.397 e. The molecule has 114 valence electrons. The van der Waals surface area contributed by atoms with Crippen molar-refractivity contribution in [2.75, 3.05) is 5.73 Å². The van der Waals surface area contributed by atoms with Crippen LogP contribution in [0.4, 0.5) is 5.69 Å². The number of hydrogen-bond donors (Lipinski definition) is 2. The molecule has 0 aliphatic carbocycles. The van der Waals surface area contributed by atoms with Gasteiger partial charge < -0.3 is 5.73 Å². The summed E-state index contributed by atoms with van der Waals surface area (Å²) in [5.41, 5.74) is 5.90. The van der Waals surface area contributed by atoms with Crippen LogP contribution in [0.15, 0.2) is 23.1 Å². The van der Waals surface area contributed by atoms with Gasteiger partial charge >= 0.3 is 0 Å². The SMILES string of the molecule is CC(C)CCCC(C)NS(=O)(=O)c1ccc(Cl)c(N)c1. The van der Waals surface area contributed by atoms with E-state index in [0.717, 1.165) is 19.3 Å². The third-order valence-electron chi connectivity index (χ3n) is 3.05. The average molecular weight is 319 g/mol. The second-order valence-electron chi connectivity index (χ2n) is 5.53. The first-order valence-corrected chi connectivity index (χ1v) is 8.66. The molecule has 1 rings (SSSR count). The predicted octanol–water partition coefficient (Wildman–Crippen LogP) is 3.42. The van der Waals surface area contributed by atoms with Gasteiger partial charge in [0.1, 0.15) is 0 Å². The van der Waals surface area contributed by atoms with Crippen molar-refractivity contribution in [3.05, 3.63) is 23.2 Å². The Balaban J connectivity index is 2.67. The van der Waals surface area contributed by atoms with Crippen LogP contribution in [0.1, 0.15) is 40.0 Å². The summed E-state index contributed by atoms with van der Waals surface area (Å²) in [5, 5.41) is 0.355. The van der Waals surface area contributed by atoms with Crippen molar-refractivity contribution in [2.45, 2.75) is 51.0 Å². The number of hydrogen-bond acceptors (Lipinski definition) is 3. The van der Waals surface area contributed by atoms with Crippen LogP contribution in [-0.4, -0.2) is 14.5 Å². The number of nitrogens with two attached hydrogens (primary N) is 1. The lowest BCUT2D eigenvalue weighted by Gasteiger charge is -2.15. The van der Waals surface area contributed by atoms with Crippen molar-refractivity contribution < 1.29 is 8.42 Å². The second-order valence-corrected chi connectivity index (χ2v) is 7.65. The molecule has 4 nitrogen and oxygen atoms in total. The molecule has 0 radical (unpaired) electrons. The molecule has 0 fully saturated rings. The highest BCUT2D eigenvalue weighted by Crippen LogP contribution is 2.22. The number of sulfonamides is 1. The van der Waals surface area contributed by atoms with Crippen LogP contribution in [0.3, 0.4) is 0 Å². The van der Waals surface area contributed by atoms with E-state index in [0.29, 0.717) is 10.9 Å². The lowest BCUT2D eigenvalue weighted by Crippen LogP contribution is -2.32. The first-order chi connectivity index (χ1) is 9.22. The molecular weight excluding hydrogens is 296 g/mol. The van der Waals surface area contributed by atoms with Crippen molar-refractivity contribution >= 4 is 27.3 Å². The lowest BCUT2D eigenvalue weighted by molar-refractivity contribution is 0.488. The number of halogens is 1. The summed E-state index contributed by atoms with van der Waals surface area (Å²) < 4.78 is 27.1. The monoisotopic (exact) mass is 318 g/mol. The maximum atomic E-state index is 12.2. The zero-order valence-corrected chi connectivity index (χ0v) is 13.8. The minimum absolute atomic E-state index is 0.101. The summed E-state index contributed by atoms with van der Waals surface area (Å²) in [6.45, 7) is 6.19. The van der Waals surface area contributed by atoms with E-state index < -0.39 is 10.0 Å². The van der Waals surface area contributed by atoms with Crippen LogP contribution in [-0.2, 0) is 10.0 Å². The minimum atomic E-state index is -3.54. The van der Waals surface area contributed by atoms with Crippen molar-refractivity contribution in [3.63, 3.8) is 0 Å². The van der Waals surface area contributed by atoms with E-state index in [2.05, 4.69) is 18.6 Å². The van der Waals surface area contributed by atoms with Crippen molar-refractivity contribution in [1.82, 2.24) is 4.72 Å².